The summed E-state index contributed by atoms with van der Waals surface area (Å²) in [5.41, 5.74) is 1.73. The van der Waals surface area contributed by atoms with Crippen LogP contribution in [0.4, 0.5) is 5.69 Å². The Morgan fingerprint density at radius 3 is 2.22 bits per heavy atom. The average molecular weight is 664 g/mol. The third kappa shape index (κ3) is 8.58. The summed E-state index contributed by atoms with van der Waals surface area (Å²) >= 11 is 6.07. The van der Waals surface area contributed by atoms with E-state index in [1.54, 1.807) is 63.4 Å². The summed E-state index contributed by atoms with van der Waals surface area (Å²) in [5, 5.41) is 3.23. The third-order valence-electron chi connectivity index (χ3n) is 7.22. The van der Waals surface area contributed by atoms with Gasteiger partial charge in [-0.2, -0.15) is 0 Å². The number of sulfonamides is 1. The third-order valence-corrected chi connectivity index (χ3v) is 9.25. The Labute approximate surface area is 275 Å². The number of hydrogen-bond acceptors (Lipinski definition) is 6. The number of halogens is 1. The number of methoxy groups -OCH3 is 1. The lowest BCUT2D eigenvalue weighted by molar-refractivity contribution is -0.140. The van der Waals surface area contributed by atoms with Crippen molar-refractivity contribution in [3.05, 3.63) is 119 Å². The zero-order valence-corrected chi connectivity index (χ0v) is 27.6. The summed E-state index contributed by atoms with van der Waals surface area (Å²) in [7, 11) is -2.77. The van der Waals surface area contributed by atoms with E-state index < -0.39 is 28.5 Å². The van der Waals surface area contributed by atoms with Crippen molar-refractivity contribution in [2.45, 2.75) is 37.8 Å². The molecule has 0 bridgehead atoms. The van der Waals surface area contributed by atoms with Crippen LogP contribution < -0.4 is 19.1 Å². The van der Waals surface area contributed by atoms with Gasteiger partial charge in [-0.15, -0.1) is 0 Å². The summed E-state index contributed by atoms with van der Waals surface area (Å²) in [6.45, 7) is 3.63. The fourth-order valence-electron chi connectivity index (χ4n) is 5.00. The Hall–Kier alpha value is -4.54. The lowest BCUT2D eigenvalue weighted by Crippen LogP contribution is -2.53. The van der Waals surface area contributed by atoms with E-state index in [1.807, 2.05) is 36.4 Å². The molecule has 0 aromatic heterocycles. The van der Waals surface area contributed by atoms with Crippen LogP contribution in [0.3, 0.4) is 0 Å². The van der Waals surface area contributed by atoms with Gasteiger partial charge in [0.15, 0.2) is 0 Å². The van der Waals surface area contributed by atoms with Crippen LogP contribution in [0.5, 0.6) is 11.5 Å². The van der Waals surface area contributed by atoms with Crippen LogP contribution in [0.2, 0.25) is 5.02 Å². The zero-order chi connectivity index (χ0) is 33.1. The first kappa shape index (κ1) is 34.3. The molecule has 0 unspecified atom stereocenters. The fourth-order valence-corrected chi connectivity index (χ4v) is 6.55. The maximum Gasteiger partial charge on any atom is 0.264 e. The first-order chi connectivity index (χ1) is 22.2. The minimum atomic E-state index is -4.31. The van der Waals surface area contributed by atoms with Gasteiger partial charge in [-0.3, -0.25) is 13.9 Å². The molecule has 0 heterocycles. The number of nitrogens with zero attached hydrogens (tertiary/aromatic N) is 2. The Morgan fingerprint density at radius 1 is 0.870 bits per heavy atom. The molecule has 1 atom stereocenters. The number of rotatable bonds is 15. The Bertz CT molecular complexity index is 1720. The van der Waals surface area contributed by atoms with Gasteiger partial charge in [0.2, 0.25) is 11.8 Å². The maximum absolute atomic E-state index is 14.6. The van der Waals surface area contributed by atoms with Gasteiger partial charge in [-0.05, 0) is 73.5 Å². The van der Waals surface area contributed by atoms with Crippen molar-refractivity contribution in [1.29, 1.82) is 0 Å². The van der Waals surface area contributed by atoms with Crippen molar-refractivity contribution in [3.63, 3.8) is 0 Å². The van der Waals surface area contributed by atoms with E-state index in [0.717, 1.165) is 9.87 Å². The second-order valence-electron chi connectivity index (χ2n) is 10.3. The van der Waals surface area contributed by atoms with Crippen molar-refractivity contribution in [3.8, 4) is 11.5 Å². The molecule has 0 aliphatic carbocycles. The van der Waals surface area contributed by atoms with Gasteiger partial charge in [0, 0.05) is 24.5 Å². The molecule has 46 heavy (non-hydrogen) atoms. The highest BCUT2D eigenvalue weighted by Crippen LogP contribution is 2.33. The Morgan fingerprint density at radius 2 is 1.54 bits per heavy atom. The van der Waals surface area contributed by atoms with Crippen molar-refractivity contribution in [2.24, 2.45) is 0 Å². The number of amides is 2. The molecule has 1 N–H and O–H groups in total. The summed E-state index contributed by atoms with van der Waals surface area (Å²) in [4.78, 5) is 29.6. The van der Waals surface area contributed by atoms with Gasteiger partial charge in [0.25, 0.3) is 10.0 Å². The number of ether oxygens (including phenoxy) is 2. The molecule has 9 nitrogen and oxygen atoms in total. The van der Waals surface area contributed by atoms with Gasteiger partial charge in [-0.25, -0.2) is 8.42 Å². The van der Waals surface area contributed by atoms with Crippen LogP contribution in [0.25, 0.3) is 0 Å². The molecular formula is C35H38ClN3O6S. The van der Waals surface area contributed by atoms with Crippen LogP contribution in [0.1, 0.15) is 25.0 Å². The van der Waals surface area contributed by atoms with Crippen LogP contribution in [0, 0.1) is 0 Å². The zero-order valence-electron chi connectivity index (χ0n) is 26.1. The van der Waals surface area contributed by atoms with Crippen LogP contribution in [-0.4, -0.2) is 58.0 Å². The number of anilines is 1. The standard InChI is InChI=1S/C35H38ClN3O6S/c1-4-37-35(41)32(23-26-12-7-6-8-13-26)38(24-27-14-11-15-29(22-27)44-3)34(40)25-39(31-16-9-10-17-33(31)45-5-2)46(42,43)30-20-18-28(36)19-21-30/h6-22,32H,4-5,23-25H2,1-3H3,(H,37,41)/t32-/m1/s1. The van der Waals surface area contributed by atoms with E-state index in [2.05, 4.69) is 5.32 Å². The van der Waals surface area contributed by atoms with Crippen molar-refractivity contribution < 1.29 is 27.5 Å². The molecule has 242 valence electrons. The lowest BCUT2D eigenvalue weighted by Gasteiger charge is -2.34. The molecule has 2 amide bonds. The molecule has 11 heteroatoms. The molecule has 4 aromatic carbocycles. The molecule has 4 rings (SSSR count). The first-order valence-corrected chi connectivity index (χ1v) is 16.7. The molecule has 0 saturated carbocycles. The average Bonchev–Trinajstić information content (AvgIpc) is 3.06. The fraction of sp³-hybridized carbons (Fsp3) is 0.257. The predicted molar refractivity (Wildman–Crippen MR) is 180 cm³/mol. The predicted octanol–water partition coefficient (Wildman–Crippen LogP) is 5.72. The molecule has 0 saturated heterocycles. The molecule has 4 aromatic rings. The number of hydrogen-bond donors (Lipinski definition) is 1. The van der Waals surface area contributed by atoms with Crippen LogP contribution in [-0.2, 0) is 32.6 Å². The summed E-state index contributed by atoms with van der Waals surface area (Å²) in [5.74, 6) is -0.0670. The Balaban J connectivity index is 1.84. The number of carbonyl (C=O) groups excluding carboxylic acids is 2. The van der Waals surface area contributed by atoms with Crippen LogP contribution >= 0.6 is 11.6 Å². The molecule has 0 aliphatic rings. The molecule has 0 spiro atoms. The topological polar surface area (TPSA) is 105 Å². The maximum atomic E-state index is 14.6. The summed E-state index contributed by atoms with van der Waals surface area (Å²) < 4.78 is 40.7. The van der Waals surface area contributed by atoms with Crippen molar-refractivity contribution >= 4 is 39.1 Å². The molecular weight excluding hydrogens is 626 g/mol. The minimum Gasteiger partial charge on any atom is -0.497 e. The van der Waals surface area contributed by atoms with E-state index in [1.165, 1.54) is 29.2 Å². The van der Waals surface area contributed by atoms with Gasteiger partial charge in [0.05, 0.1) is 24.3 Å². The number of benzene rings is 4. The minimum absolute atomic E-state index is 0.0204. The number of likely N-dealkylation sites (N-methyl/N-ethyl adjacent to an activating group) is 1. The van der Waals surface area contributed by atoms with Gasteiger partial charge in [-0.1, -0.05) is 66.2 Å². The lowest BCUT2D eigenvalue weighted by atomic mass is 10.0. The largest absolute Gasteiger partial charge is 0.497 e. The quantitative estimate of drug-likeness (QED) is 0.175. The van der Waals surface area contributed by atoms with E-state index in [4.69, 9.17) is 21.1 Å². The molecule has 0 aliphatic heterocycles. The highest BCUT2D eigenvalue weighted by molar-refractivity contribution is 7.92. The summed E-state index contributed by atoms with van der Waals surface area (Å²) in [6, 6.07) is 28.0. The van der Waals surface area contributed by atoms with Gasteiger partial charge < -0.3 is 19.7 Å². The number of para-hydroxylation sites is 2. The van der Waals surface area contributed by atoms with Crippen LogP contribution in [0.15, 0.2) is 108 Å². The van der Waals surface area contributed by atoms with E-state index in [-0.39, 0.29) is 36.1 Å². The van der Waals surface area contributed by atoms with E-state index >= 15 is 0 Å². The second kappa shape index (κ2) is 16.1. The highest BCUT2D eigenvalue weighted by atomic mass is 35.5. The SMILES string of the molecule is CCNC(=O)[C@@H](Cc1ccccc1)N(Cc1cccc(OC)c1)C(=O)CN(c1ccccc1OCC)S(=O)(=O)c1ccc(Cl)cc1. The van der Waals surface area contributed by atoms with Crippen molar-refractivity contribution in [2.75, 3.05) is 31.1 Å². The normalized spacial score (nSPS) is 11.7. The smallest absolute Gasteiger partial charge is 0.264 e. The first-order valence-electron chi connectivity index (χ1n) is 14.9. The summed E-state index contributed by atoms with van der Waals surface area (Å²) in [6.07, 6.45) is 0.210. The molecule has 0 fully saturated rings. The van der Waals surface area contributed by atoms with E-state index in [0.29, 0.717) is 28.6 Å². The monoisotopic (exact) mass is 663 g/mol. The van der Waals surface area contributed by atoms with E-state index in [9.17, 15) is 18.0 Å². The van der Waals surface area contributed by atoms with Gasteiger partial charge in [0.1, 0.15) is 24.1 Å². The number of carbonyl (C=O) groups is 2. The van der Waals surface area contributed by atoms with Gasteiger partial charge >= 0.3 is 0 Å². The second-order valence-corrected chi connectivity index (χ2v) is 12.6. The Kier molecular flexibility index (Phi) is 12.1. The molecule has 0 radical (unpaired) electrons. The highest BCUT2D eigenvalue weighted by Gasteiger charge is 2.35. The van der Waals surface area contributed by atoms with Crippen molar-refractivity contribution in [1.82, 2.24) is 10.2 Å². The number of nitrogens with one attached hydrogen (secondary N) is 1.